The minimum absolute atomic E-state index is 0.103. The van der Waals surface area contributed by atoms with E-state index in [4.69, 9.17) is 4.74 Å². The van der Waals surface area contributed by atoms with Crippen molar-refractivity contribution in [2.45, 2.75) is 18.4 Å². The molecule has 1 aromatic heterocycles. The van der Waals surface area contributed by atoms with Crippen molar-refractivity contribution in [3.63, 3.8) is 0 Å². The summed E-state index contributed by atoms with van der Waals surface area (Å²) in [5.41, 5.74) is -0.000710. The highest BCUT2D eigenvalue weighted by molar-refractivity contribution is 5.92. The van der Waals surface area contributed by atoms with Gasteiger partial charge in [0, 0.05) is 44.3 Å². The molecule has 0 radical (unpaired) electrons. The highest BCUT2D eigenvalue weighted by Crippen LogP contribution is 2.29. The van der Waals surface area contributed by atoms with Crippen LogP contribution in [0.15, 0.2) is 42.7 Å². The second kappa shape index (κ2) is 8.03. The summed E-state index contributed by atoms with van der Waals surface area (Å²) in [6.07, 6.45) is 4.04. The molecule has 1 aliphatic rings. The molecule has 0 bridgehead atoms. The third-order valence-corrected chi connectivity index (χ3v) is 4.78. The van der Waals surface area contributed by atoms with Gasteiger partial charge >= 0.3 is 0 Å². The molecule has 0 atom stereocenters. The van der Waals surface area contributed by atoms with E-state index in [2.05, 4.69) is 20.6 Å². The van der Waals surface area contributed by atoms with Crippen LogP contribution in [0.2, 0.25) is 0 Å². The number of carbonyl (C=O) groups excluding carboxylic acids is 2. The molecule has 2 amide bonds. The van der Waals surface area contributed by atoms with E-state index in [1.807, 2.05) is 24.3 Å². The maximum atomic E-state index is 12.7. The number of likely N-dealkylation sites (tertiary alicyclic amines) is 1. The molecule has 1 aromatic carbocycles. The fraction of sp³-hybridized carbons (Fsp3) is 0.368. The number of ether oxygens (including phenoxy) is 1. The van der Waals surface area contributed by atoms with Crippen molar-refractivity contribution in [1.82, 2.24) is 20.2 Å². The van der Waals surface area contributed by atoms with Crippen LogP contribution < -0.4 is 15.4 Å². The number of benzene rings is 1. The molecule has 8 nitrogen and oxygen atoms in total. The van der Waals surface area contributed by atoms with Crippen molar-refractivity contribution >= 4 is 17.5 Å². The van der Waals surface area contributed by atoms with Gasteiger partial charge in [-0.1, -0.05) is 6.07 Å². The Morgan fingerprint density at radius 3 is 2.48 bits per heavy atom. The maximum absolute atomic E-state index is 12.7. The second-order valence-electron chi connectivity index (χ2n) is 6.38. The summed E-state index contributed by atoms with van der Waals surface area (Å²) >= 11 is 0. The predicted molar refractivity (Wildman–Crippen MR) is 101 cm³/mol. The third kappa shape index (κ3) is 3.99. The van der Waals surface area contributed by atoms with Crippen molar-refractivity contribution in [2.24, 2.45) is 0 Å². The molecule has 0 aliphatic carbocycles. The van der Waals surface area contributed by atoms with Gasteiger partial charge in [0.1, 0.15) is 11.3 Å². The minimum Gasteiger partial charge on any atom is -0.497 e. The third-order valence-electron chi connectivity index (χ3n) is 4.78. The Hall–Kier alpha value is -3.16. The summed E-state index contributed by atoms with van der Waals surface area (Å²) in [6, 6.07) is 9.12. The molecule has 0 unspecified atom stereocenters. The lowest BCUT2D eigenvalue weighted by atomic mass is 9.86. The molecular formula is C19H23N5O3. The van der Waals surface area contributed by atoms with Crippen molar-refractivity contribution in [3.05, 3.63) is 48.5 Å². The van der Waals surface area contributed by atoms with E-state index >= 15 is 0 Å². The summed E-state index contributed by atoms with van der Waals surface area (Å²) in [7, 11) is 3.22. The first-order chi connectivity index (χ1) is 13.1. The van der Waals surface area contributed by atoms with Gasteiger partial charge in [-0.05, 0) is 31.0 Å². The topological polar surface area (TPSA) is 96.5 Å². The van der Waals surface area contributed by atoms with Crippen LogP contribution >= 0.6 is 0 Å². The number of likely N-dealkylation sites (N-methyl/N-ethyl adjacent to an activating group) is 1. The van der Waals surface area contributed by atoms with Crippen molar-refractivity contribution in [3.8, 4) is 5.75 Å². The lowest BCUT2D eigenvalue weighted by Crippen LogP contribution is -2.58. The number of carbonyl (C=O) groups is 2. The first kappa shape index (κ1) is 18.6. The van der Waals surface area contributed by atoms with Gasteiger partial charge in [-0.3, -0.25) is 9.59 Å². The molecule has 3 rings (SSSR count). The first-order valence-electron chi connectivity index (χ1n) is 8.79. The van der Waals surface area contributed by atoms with Gasteiger partial charge in [0.15, 0.2) is 0 Å². The van der Waals surface area contributed by atoms with Crippen LogP contribution in [0.4, 0.5) is 5.69 Å². The Balaban J connectivity index is 1.75. The van der Waals surface area contributed by atoms with E-state index in [0.29, 0.717) is 31.7 Å². The number of aromatic nitrogens is 2. The van der Waals surface area contributed by atoms with Crippen LogP contribution in [-0.4, -0.2) is 59.5 Å². The second-order valence-corrected chi connectivity index (χ2v) is 6.38. The summed E-state index contributed by atoms with van der Waals surface area (Å²) in [5.74, 6) is 0.558. The molecule has 142 valence electrons. The van der Waals surface area contributed by atoms with Gasteiger partial charge < -0.3 is 20.3 Å². The van der Waals surface area contributed by atoms with E-state index in [1.165, 1.54) is 0 Å². The van der Waals surface area contributed by atoms with Gasteiger partial charge in [0.25, 0.3) is 5.91 Å². The standard InChI is InChI=1S/C19H23N5O3/c1-20-18(26)19(23-14-5-3-6-15(13-14)27-2)7-11-24(12-8-19)17(25)16-21-9-4-10-22-16/h3-6,9-10,13,23H,7-8,11-12H2,1-2H3,(H,20,26). The number of piperidine rings is 1. The summed E-state index contributed by atoms with van der Waals surface area (Å²) in [6.45, 7) is 0.864. The predicted octanol–water partition coefficient (Wildman–Crippen LogP) is 1.32. The molecule has 2 N–H and O–H groups in total. The van der Waals surface area contributed by atoms with Crippen molar-refractivity contribution in [1.29, 1.82) is 0 Å². The van der Waals surface area contributed by atoms with Crippen LogP contribution in [0, 0.1) is 0 Å². The number of amides is 2. The molecule has 1 aliphatic heterocycles. The molecule has 1 fully saturated rings. The average molecular weight is 369 g/mol. The van der Waals surface area contributed by atoms with Crippen molar-refractivity contribution < 1.29 is 14.3 Å². The Kier molecular flexibility index (Phi) is 5.54. The highest BCUT2D eigenvalue weighted by Gasteiger charge is 2.42. The van der Waals surface area contributed by atoms with Crippen LogP contribution in [0.5, 0.6) is 5.75 Å². The minimum atomic E-state index is -0.796. The molecular weight excluding hydrogens is 346 g/mol. The molecule has 2 heterocycles. The number of anilines is 1. The molecule has 2 aromatic rings. The van der Waals surface area contributed by atoms with Gasteiger partial charge in [-0.2, -0.15) is 0 Å². The lowest BCUT2D eigenvalue weighted by molar-refractivity contribution is -0.126. The fourth-order valence-electron chi connectivity index (χ4n) is 3.27. The van der Waals surface area contributed by atoms with Crippen molar-refractivity contribution in [2.75, 3.05) is 32.6 Å². The monoisotopic (exact) mass is 369 g/mol. The molecule has 1 saturated heterocycles. The highest BCUT2D eigenvalue weighted by atomic mass is 16.5. The molecule has 8 heteroatoms. The summed E-state index contributed by atoms with van der Waals surface area (Å²) in [4.78, 5) is 34.9. The van der Waals surface area contributed by atoms with Gasteiger partial charge in [0.05, 0.1) is 7.11 Å². The number of nitrogens with zero attached hydrogens (tertiary/aromatic N) is 3. The zero-order chi connectivity index (χ0) is 19.3. The summed E-state index contributed by atoms with van der Waals surface area (Å²) < 4.78 is 5.25. The Labute approximate surface area is 158 Å². The number of methoxy groups -OCH3 is 1. The van der Waals surface area contributed by atoms with Gasteiger partial charge in [-0.25, -0.2) is 9.97 Å². The number of hydrogen-bond donors (Lipinski definition) is 2. The first-order valence-corrected chi connectivity index (χ1v) is 8.79. The normalized spacial score (nSPS) is 15.7. The Morgan fingerprint density at radius 1 is 1.15 bits per heavy atom. The molecule has 27 heavy (non-hydrogen) atoms. The lowest BCUT2D eigenvalue weighted by Gasteiger charge is -2.41. The largest absolute Gasteiger partial charge is 0.497 e. The van der Waals surface area contributed by atoms with Crippen LogP contribution in [-0.2, 0) is 4.79 Å². The van der Waals surface area contributed by atoms with E-state index in [0.717, 1.165) is 5.69 Å². The van der Waals surface area contributed by atoms with Gasteiger partial charge in [-0.15, -0.1) is 0 Å². The number of nitrogens with one attached hydrogen (secondary N) is 2. The summed E-state index contributed by atoms with van der Waals surface area (Å²) in [5, 5.41) is 6.10. The average Bonchev–Trinajstić information content (AvgIpc) is 2.74. The maximum Gasteiger partial charge on any atom is 0.291 e. The van der Waals surface area contributed by atoms with Crippen LogP contribution in [0.1, 0.15) is 23.5 Å². The SMILES string of the molecule is CNC(=O)C1(Nc2cccc(OC)c2)CCN(C(=O)c2ncccn2)CC1. The van der Waals surface area contributed by atoms with Crippen LogP contribution in [0.3, 0.4) is 0 Å². The van der Waals surface area contributed by atoms with E-state index in [-0.39, 0.29) is 17.6 Å². The van der Waals surface area contributed by atoms with E-state index in [1.54, 1.807) is 37.5 Å². The van der Waals surface area contributed by atoms with E-state index in [9.17, 15) is 9.59 Å². The smallest absolute Gasteiger partial charge is 0.291 e. The van der Waals surface area contributed by atoms with Gasteiger partial charge in [0.2, 0.25) is 11.7 Å². The Bertz CT molecular complexity index is 804. The number of rotatable bonds is 5. The molecule has 0 saturated carbocycles. The quantitative estimate of drug-likeness (QED) is 0.825. The molecule has 0 spiro atoms. The zero-order valence-electron chi connectivity index (χ0n) is 15.4. The van der Waals surface area contributed by atoms with E-state index < -0.39 is 5.54 Å². The zero-order valence-corrected chi connectivity index (χ0v) is 15.4. The number of hydrogen-bond acceptors (Lipinski definition) is 6. The fourth-order valence-corrected chi connectivity index (χ4v) is 3.27. The van der Waals surface area contributed by atoms with Crippen LogP contribution in [0.25, 0.3) is 0 Å². The Morgan fingerprint density at radius 2 is 1.85 bits per heavy atom.